The highest BCUT2D eigenvalue weighted by Crippen LogP contribution is 2.30. The van der Waals surface area contributed by atoms with E-state index in [0.29, 0.717) is 13.0 Å². The van der Waals surface area contributed by atoms with Gasteiger partial charge in [0.25, 0.3) is 0 Å². The zero-order chi connectivity index (χ0) is 22.5. The van der Waals surface area contributed by atoms with Gasteiger partial charge in [0.2, 0.25) is 0 Å². The van der Waals surface area contributed by atoms with Crippen LogP contribution < -0.4 is 4.90 Å². The number of esters is 1. The first-order valence-corrected chi connectivity index (χ1v) is 11.7. The summed E-state index contributed by atoms with van der Waals surface area (Å²) >= 11 is 0. The second-order valence-corrected chi connectivity index (χ2v) is 8.00. The smallest absolute Gasteiger partial charge is 0.309 e. The number of carbonyl (C=O) groups is 2. The Morgan fingerprint density at radius 1 is 1.00 bits per heavy atom. The van der Waals surface area contributed by atoms with Crippen LogP contribution in [0.3, 0.4) is 0 Å². The minimum Gasteiger partial charge on any atom is -0.507 e. The molecule has 30 heavy (non-hydrogen) atoms. The Morgan fingerprint density at radius 2 is 1.67 bits per heavy atom. The molecule has 0 heterocycles. The summed E-state index contributed by atoms with van der Waals surface area (Å²) in [6, 6.07) is 5.18. The first-order valence-electron chi connectivity index (χ1n) is 11.7. The largest absolute Gasteiger partial charge is 0.507 e. The van der Waals surface area contributed by atoms with Crippen LogP contribution >= 0.6 is 0 Å². The Hall–Kier alpha value is -2.04. The summed E-state index contributed by atoms with van der Waals surface area (Å²) in [6.45, 7) is 12.1. The zero-order valence-corrected chi connectivity index (χ0v) is 19.6. The summed E-state index contributed by atoms with van der Waals surface area (Å²) in [4.78, 5) is 28.0. The fraction of sp³-hybridized carbons (Fsp3) is 0.680. The van der Waals surface area contributed by atoms with E-state index >= 15 is 0 Å². The molecule has 0 fully saturated rings. The highest BCUT2D eigenvalue weighted by Gasteiger charge is 2.32. The SMILES string of the molecule is CCCCCCOC(=O)[C@@H](CCCC)C(C)C(=O)c1ccc(N(CC)CC)cc1O. The van der Waals surface area contributed by atoms with Gasteiger partial charge in [-0.2, -0.15) is 0 Å². The predicted molar refractivity (Wildman–Crippen MR) is 123 cm³/mol. The minimum atomic E-state index is -0.537. The number of ketones is 1. The second-order valence-electron chi connectivity index (χ2n) is 8.00. The van der Waals surface area contributed by atoms with Crippen LogP contribution in [0.25, 0.3) is 0 Å². The van der Waals surface area contributed by atoms with Crippen molar-refractivity contribution < 1.29 is 19.4 Å². The summed E-state index contributed by atoms with van der Waals surface area (Å²) in [5.74, 6) is -1.54. The lowest BCUT2D eigenvalue weighted by molar-refractivity contribution is -0.150. The third-order valence-corrected chi connectivity index (χ3v) is 5.81. The van der Waals surface area contributed by atoms with Crippen molar-refractivity contribution in [2.45, 2.75) is 79.6 Å². The number of anilines is 1. The van der Waals surface area contributed by atoms with Gasteiger partial charge < -0.3 is 14.7 Å². The van der Waals surface area contributed by atoms with Crippen molar-refractivity contribution in [1.82, 2.24) is 0 Å². The molecule has 0 bridgehead atoms. The highest BCUT2D eigenvalue weighted by atomic mass is 16.5. The van der Waals surface area contributed by atoms with Gasteiger partial charge >= 0.3 is 5.97 Å². The van der Waals surface area contributed by atoms with Gasteiger partial charge in [-0.3, -0.25) is 9.59 Å². The van der Waals surface area contributed by atoms with Gasteiger partial charge in [-0.05, 0) is 38.8 Å². The molecule has 0 amide bonds. The molecule has 170 valence electrons. The van der Waals surface area contributed by atoms with Crippen molar-refractivity contribution in [3.05, 3.63) is 23.8 Å². The Labute approximate surface area is 182 Å². The monoisotopic (exact) mass is 419 g/mol. The van der Waals surface area contributed by atoms with Gasteiger partial charge in [-0.1, -0.05) is 52.9 Å². The van der Waals surface area contributed by atoms with Gasteiger partial charge in [0.05, 0.1) is 18.1 Å². The number of ether oxygens (including phenoxy) is 1. The summed E-state index contributed by atoms with van der Waals surface area (Å²) in [7, 11) is 0. The van der Waals surface area contributed by atoms with Crippen LogP contribution in [0.1, 0.15) is 89.9 Å². The van der Waals surface area contributed by atoms with Crippen LogP contribution in [0.5, 0.6) is 5.75 Å². The van der Waals surface area contributed by atoms with Gasteiger partial charge in [0.1, 0.15) is 5.75 Å². The van der Waals surface area contributed by atoms with Crippen molar-refractivity contribution in [3.63, 3.8) is 0 Å². The van der Waals surface area contributed by atoms with E-state index in [9.17, 15) is 14.7 Å². The molecular weight excluding hydrogens is 378 g/mol. The first kappa shape index (κ1) is 26.0. The van der Waals surface area contributed by atoms with Gasteiger partial charge in [-0.15, -0.1) is 0 Å². The van der Waals surface area contributed by atoms with Crippen LogP contribution in [-0.2, 0) is 9.53 Å². The molecule has 0 aliphatic rings. The lowest BCUT2D eigenvalue weighted by Gasteiger charge is -2.24. The molecular formula is C25H41NO4. The number of benzene rings is 1. The number of rotatable bonds is 15. The van der Waals surface area contributed by atoms with E-state index in [2.05, 4.69) is 18.7 Å². The average molecular weight is 420 g/mol. The molecule has 5 nitrogen and oxygen atoms in total. The molecule has 0 radical (unpaired) electrons. The Morgan fingerprint density at radius 3 is 2.23 bits per heavy atom. The number of phenols is 1. The number of hydrogen-bond donors (Lipinski definition) is 1. The molecule has 5 heteroatoms. The van der Waals surface area contributed by atoms with Crippen molar-refractivity contribution in [3.8, 4) is 5.75 Å². The lowest BCUT2D eigenvalue weighted by atomic mass is 9.83. The molecule has 1 N–H and O–H groups in total. The van der Waals surface area contributed by atoms with E-state index in [-0.39, 0.29) is 23.1 Å². The summed E-state index contributed by atoms with van der Waals surface area (Å²) in [5.41, 5.74) is 1.16. The van der Waals surface area contributed by atoms with Gasteiger partial charge in [0, 0.05) is 30.8 Å². The normalized spacial score (nSPS) is 13.0. The van der Waals surface area contributed by atoms with E-state index in [0.717, 1.165) is 57.3 Å². The molecule has 0 aliphatic heterocycles. The summed E-state index contributed by atoms with van der Waals surface area (Å²) in [6.07, 6.45) is 6.60. The molecule has 1 unspecified atom stereocenters. The molecule has 0 aliphatic carbocycles. The quantitative estimate of drug-likeness (QED) is 0.215. The molecule has 0 aromatic heterocycles. The van der Waals surface area contributed by atoms with Crippen molar-refractivity contribution in [2.75, 3.05) is 24.6 Å². The highest BCUT2D eigenvalue weighted by molar-refractivity contribution is 6.02. The fourth-order valence-electron chi connectivity index (χ4n) is 3.75. The molecule has 1 rings (SSSR count). The summed E-state index contributed by atoms with van der Waals surface area (Å²) < 4.78 is 5.50. The van der Waals surface area contributed by atoms with E-state index in [4.69, 9.17) is 4.74 Å². The van der Waals surface area contributed by atoms with E-state index in [1.54, 1.807) is 19.1 Å². The Kier molecular flexibility index (Phi) is 12.2. The molecule has 1 aromatic rings. The average Bonchev–Trinajstić information content (AvgIpc) is 2.74. The Balaban J connectivity index is 2.91. The minimum absolute atomic E-state index is 0.0292. The van der Waals surface area contributed by atoms with Crippen LogP contribution in [0.15, 0.2) is 18.2 Å². The number of nitrogens with zero attached hydrogens (tertiary/aromatic N) is 1. The fourth-order valence-corrected chi connectivity index (χ4v) is 3.75. The third kappa shape index (κ3) is 7.66. The van der Waals surface area contributed by atoms with Gasteiger partial charge in [0.15, 0.2) is 5.78 Å². The van der Waals surface area contributed by atoms with Crippen molar-refractivity contribution in [1.29, 1.82) is 0 Å². The zero-order valence-electron chi connectivity index (χ0n) is 19.6. The molecule has 0 spiro atoms. The van der Waals surface area contributed by atoms with Crippen molar-refractivity contribution in [2.24, 2.45) is 11.8 Å². The number of carbonyl (C=O) groups excluding carboxylic acids is 2. The van der Waals surface area contributed by atoms with E-state index in [1.165, 1.54) is 0 Å². The van der Waals surface area contributed by atoms with E-state index in [1.807, 2.05) is 19.9 Å². The van der Waals surface area contributed by atoms with Crippen molar-refractivity contribution >= 4 is 17.4 Å². The third-order valence-electron chi connectivity index (χ3n) is 5.81. The number of aromatic hydroxyl groups is 1. The molecule has 2 atom stereocenters. The number of unbranched alkanes of at least 4 members (excludes halogenated alkanes) is 4. The van der Waals surface area contributed by atoms with Gasteiger partial charge in [-0.25, -0.2) is 0 Å². The first-order chi connectivity index (χ1) is 14.4. The maximum Gasteiger partial charge on any atom is 0.309 e. The standard InChI is InChI=1S/C25H41NO4/c1-6-10-12-13-17-30-25(29)21(14-11-7-2)19(5)24(28)22-16-15-20(18-23(22)27)26(8-3)9-4/h15-16,18-19,21,27H,6-14,17H2,1-5H3/t19?,21-/m0/s1. The number of Topliss-reactive ketones (excluding diaryl/α,β-unsaturated/α-hetero) is 1. The predicted octanol–water partition coefficient (Wildman–Crippen LogP) is 5.99. The topological polar surface area (TPSA) is 66.8 Å². The van der Waals surface area contributed by atoms with Crippen LogP contribution in [0.2, 0.25) is 0 Å². The molecule has 0 saturated carbocycles. The maximum atomic E-state index is 13.1. The second kappa shape index (κ2) is 14.1. The summed E-state index contributed by atoms with van der Waals surface area (Å²) in [5, 5.41) is 10.5. The number of phenolic OH excluding ortho intramolecular Hbond substituents is 1. The lowest BCUT2D eigenvalue weighted by Crippen LogP contribution is -2.30. The van der Waals surface area contributed by atoms with Crippen LogP contribution in [0, 0.1) is 11.8 Å². The van der Waals surface area contributed by atoms with Crippen LogP contribution in [0.4, 0.5) is 5.69 Å². The molecule has 1 aromatic carbocycles. The van der Waals surface area contributed by atoms with E-state index < -0.39 is 11.8 Å². The van der Waals surface area contributed by atoms with Crippen LogP contribution in [-0.4, -0.2) is 36.6 Å². The molecule has 0 saturated heterocycles. The Bertz CT molecular complexity index is 655. The number of hydrogen-bond acceptors (Lipinski definition) is 5. The maximum absolute atomic E-state index is 13.1.